The number of carbonyl (C=O) groups excluding carboxylic acids is 1. The molecule has 1 amide bonds. The van der Waals surface area contributed by atoms with Crippen LogP contribution in [0.25, 0.3) is 0 Å². The van der Waals surface area contributed by atoms with Crippen molar-refractivity contribution in [2.75, 3.05) is 11.4 Å². The van der Waals surface area contributed by atoms with Crippen LogP contribution in [-0.2, 0) is 20.8 Å². The Hall–Kier alpha value is -2.91. The van der Waals surface area contributed by atoms with Crippen molar-refractivity contribution in [3.63, 3.8) is 0 Å². The molecular weight excluding hydrogens is 500 g/mol. The Labute approximate surface area is 197 Å². The quantitative estimate of drug-likeness (QED) is 0.482. The fourth-order valence-corrected chi connectivity index (χ4v) is 6.18. The van der Waals surface area contributed by atoms with Gasteiger partial charge in [-0.25, -0.2) is 17.8 Å². The summed E-state index contributed by atoms with van der Waals surface area (Å²) in [7, 11) is -4.27. The molecule has 1 saturated carbocycles. The summed E-state index contributed by atoms with van der Waals surface area (Å²) in [6, 6.07) is 5.17. The first-order chi connectivity index (χ1) is 15.9. The van der Waals surface area contributed by atoms with Crippen LogP contribution in [-0.4, -0.2) is 42.7 Å². The molecule has 2 atom stereocenters. The minimum absolute atomic E-state index is 0.378. The number of alkyl halides is 3. The van der Waals surface area contributed by atoms with Gasteiger partial charge in [0.1, 0.15) is 23.2 Å². The fourth-order valence-electron chi connectivity index (χ4n) is 3.95. The number of hydrogen-bond acceptors (Lipinski definition) is 6. The number of halogens is 5. The summed E-state index contributed by atoms with van der Waals surface area (Å²) in [6.07, 6.45) is -3.32. The second-order valence-corrected chi connectivity index (χ2v) is 10.8. The number of nitrogens with zero attached hydrogens (tertiary/aromatic N) is 3. The van der Waals surface area contributed by atoms with E-state index in [2.05, 4.69) is 10.3 Å². The molecule has 0 radical (unpaired) electrons. The molecule has 2 aromatic rings. The molecule has 2 fully saturated rings. The maximum atomic E-state index is 13.7. The standard InChI is InChI=1S/C21H17ClF4N4O3S/c22-15-8-12(23)3-4-17(15)34(32,33)13-9-16(19(31)29-20(11-27)5-6-20)30(10-13)18-14(21(24,25)26)2-1-7-28-18/h1-4,7-8,13,16H,5-6,9-10H2,(H,29,31). The van der Waals surface area contributed by atoms with E-state index in [0.717, 1.165) is 41.4 Å². The first kappa shape index (κ1) is 24.2. The van der Waals surface area contributed by atoms with Crippen molar-refractivity contribution in [1.29, 1.82) is 5.26 Å². The van der Waals surface area contributed by atoms with E-state index in [4.69, 9.17) is 11.6 Å². The minimum Gasteiger partial charge on any atom is -0.343 e. The summed E-state index contributed by atoms with van der Waals surface area (Å²) in [5.41, 5.74) is -2.25. The molecule has 13 heteroatoms. The van der Waals surface area contributed by atoms with Gasteiger partial charge in [0.05, 0.1) is 26.8 Å². The van der Waals surface area contributed by atoms with Gasteiger partial charge in [-0.1, -0.05) is 11.6 Å². The van der Waals surface area contributed by atoms with Gasteiger partial charge >= 0.3 is 6.18 Å². The minimum atomic E-state index is -4.81. The normalized spacial score (nSPS) is 21.7. The van der Waals surface area contributed by atoms with Crippen molar-refractivity contribution in [3.8, 4) is 6.07 Å². The molecule has 2 heterocycles. The Morgan fingerprint density at radius 1 is 1.29 bits per heavy atom. The number of sulfone groups is 1. The average Bonchev–Trinajstić information content (AvgIpc) is 3.38. The molecular formula is C21H17ClF4N4O3S. The zero-order valence-electron chi connectivity index (χ0n) is 17.3. The van der Waals surface area contributed by atoms with Crippen LogP contribution in [0.1, 0.15) is 24.8 Å². The summed E-state index contributed by atoms with van der Waals surface area (Å²) in [4.78, 5) is 17.4. The lowest BCUT2D eigenvalue weighted by Gasteiger charge is -2.27. The maximum Gasteiger partial charge on any atom is 0.419 e. The number of anilines is 1. The highest BCUT2D eigenvalue weighted by molar-refractivity contribution is 7.92. The molecule has 1 aromatic heterocycles. The predicted octanol–water partition coefficient (Wildman–Crippen LogP) is 3.49. The van der Waals surface area contributed by atoms with Crippen molar-refractivity contribution in [1.82, 2.24) is 10.3 Å². The van der Waals surface area contributed by atoms with Gasteiger partial charge in [-0.2, -0.15) is 18.4 Å². The molecule has 1 saturated heterocycles. The van der Waals surface area contributed by atoms with Crippen molar-refractivity contribution >= 4 is 33.2 Å². The number of aromatic nitrogens is 1. The highest BCUT2D eigenvalue weighted by atomic mass is 35.5. The van der Waals surface area contributed by atoms with Crippen molar-refractivity contribution in [3.05, 3.63) is 52.9 Å². The Bertz CT molecular complexity index is 1290. The number of amides is 1. The van der Waals surface area contributed by atoms with Crippen LogP contribution in [0.4, 0.5) is 23.4 Å². The third-order valence-electron chi connectivity index (χ3n) is 5.90. The van der Waals surface area contributed by atoms with Crippen LogP contribution >= 0.6 is 11.6 Å². The lowest BCUT2D eigenvalue weighted by Crippen LogP contribution is -2.48. The zero-order valence-corrected chi connectivity index (χ0v) is 18.9. The van der Waals surface area contributed by atoms with Crippen molar-refractivity contribution in [2.45, 2.75) is 47.2 Å². The number of hydrogen-bond donors (Lipinski definition) is 1. The molecule has 2 aliphatic rings. The molecule has 4 rings (SSSR count). The smallest absolute Gasteiger partial charge is 0.343 e. The van der Waals surface area contributed by atoms with E-state index in [1.54, 1.807) is 0 Å². The van der Waals surface area contributed by atoms with E-state index in [1.165, 1.54) is 0 Å². The second-order valence-electron chi connectivity index (χ2n) is 8.20. The van der Waals surface area contributed by atoms with E-state index in [1.807, 2.05) is 6.07 Å². The van der Waals surface area contributed by atoms with Crippen LogP contribution in [0.3, 0.4) is 0 Å². The van der Waals surface area contributed by atoms with Gasteiger partial charge in [-0.3, -0.25) is 4.79 Å². The van der Waals surface area contributed by atoms with Gasteiger partial charge < -0.3 is 10.2 Å². The molecule has 1 aromatic carbocycles. The van der Waals surface area contributed by atoms with Crippen molar-refractivity contribution in [2.24, 2.45) is 0 Å². The molecule has 7 nitrogen and oxygen atoms in total. The first-order valence-corrected chi connectivity index (χ1v) is 12.0. The van der Waals surface area contributed by atoms with Gasteiger partial charge in [0.15, 0.2) is 9.84 Å². The Balaban J connectivity index is 1.75. The summed E-state index contributed by atoms with van der Waals surface area (Å²) >= 11 is 5.93. The Kier molecular flexibility index (Phi) is 5.98. The summed E-state index contributed by atoms with van der Waals surface area (Å²) in [6.45, 7) is -0.492. The lowest BCUT2D eigenvalue weighted by molar-refractivity contribution is -0.137. The fraction of sp³-hybridized carbons (Fsp3) is 0.381. The van der Waals surface area contributed by atoms with Gasteiger partial charge in [-0.05, 0) is 49.6 Å². The third-order valence-corrected chi connectivity index (χ3v) is 8.51. The molecule has 0 bridgehead atoms. The largest absolute Gasteiger partial charge is 0.419 e. The summed E-state index contributed by atoms with van der Waals surface area (Å²) in [5, 5.41) is 10.1. The molecule has 34 heavy (non-hydrogen) atoms. The molecule has 1 N–H and O–H groups in total. The van der Waals surface area contributed by atoms with Crippen LogP contribution in [0, 0.1) is 17.1 Å². The number of nitrogens with one attached hydrogen (secondary N) is 1. The van der Waals surface area contributed by atoms with E-state index in [-0.39, 0.29) is 11.4 Å². The van der Waals surface area contributed by atoms with Gasteiger partial charge in [-0.15, -0.1) is 0 Å². The Morgan fingerprint density at radius 2 is 2.00 bits per heavy atom. The molecule has 1 aliphatic heterocycles. The van der Waals surface area contributed by atoms with E-state index in [0.29, 0.717) is 12.8 Å². The maximum absolute atomic E-state index is 13.7. The molecule has 2 unspecified atom stereocenters. The predicted molar refractivity (Wildman–Crippen MR) is 113 cm³/mol. The number of rotatable bonds is 5. The SMILES string of the molecule is N#CC1(NC(=O)C2CC(S(=O)(=O)c3ccc(F)cc3Cl)CN2c2ncccc2C(F)(F)F)CC1. The van der Waals surface area contributed by atoms with E-state index >= 15 is 0 Å². The lowest BCUT2D eigenvalue weighted by atomic mass is 10.1. The van der Waals surface area contributed by atoms with E-state index in [9.17, 15) is 36.0 Å². The van der Waals surface area contributed by atoms with Gasteiger partial charge in [0.25, 0.3) is 0 Å². The van der Waals surface area contributed by atoms with Gasteiger partial charge in [0.2, 0.25) is 5.91 Å². The van der Waals surface area contributed by atoms with Crippen LogP contribution in [0.15, 0.2) is 41.4 Å². The second kappa shape index (κ2) is 8.39. The number of carbonyl (C=O) groups is 1. The number of pyridine rings is 1. The number of nitriles is 1. The molecule has 180 valence electrons. The summed E-state index contributed by atoms with van der Waals surface area (Å²) < 4.78 is 81.0. The zero-order chi connectivity index (χ0) is 24.9. The Morgan fingerprint density at radius 3 is 2.59 bits per heavy atom. The van der Waals surface area contributed by atoms with Crippen LogP contribution in [0.5, 0.6) is 0 Å². The summed E-state index contributed by atoms with van der Waals surface area (Å²) in [5.74, 6) is -2.13. The first-order valence-electron chi connectivity index (χ1n) is 10.1. The average molecular weight is 517 g/mol. The van der Waals surface area contributed by atoms with Gasteiger partial charge in [0, 0.05) is 12.7 Å². The van der Waals surface area contributed by atoms with E-state index < -0.39 is 67.4 Å². The van der Waals surface area contributed by atoms with Crippen LogP contribution in [0.2, 0.25) is 5.02 Å². The molecule has 1 aliphatic carbocycles. The molecule has 0 spiro atoms. The number of benzene rings is 1. The third kappa shape index (κ3) is 4.42. The van der Waals surface area contributed by atoms with Crippen molar-refractivity contribution < 1.29 is 30.8 Å². The highest BCUT2D eigenvalue weighted by Gasteiger charge is 2.51. The van der Waals surface area contributed by atoms with Crippen LogP contribution < -0.4 is 10.2 Å². The topological polar surface area (TPSA) is 103 Å². The highest BCUT2D eigenvalue weighted by Crippen LogP contribution is 2.41. The monoisotopic (exact) mass is 516 g/mol.